The summed E-state index contributed by atoms with van der Waals surface area (Å²) in [6.07, 6.45) is -0.536. The molecule has 0 fully saturated rings. The molecule has 0 spiro atoms. The Balaban J connectivity index is 1.76. The summed E-state index contributed by atoms with van der Waals surface area (Å²) in [6.45, 7) is -0.154. The molecule has 0 radical (unpaired) electrons. The first kappa shape index (κ1) is 19.5. The molecule has 0 saturated heterocycles. The van der Waals surface area contributed by atoms with Crippen LogP contribution < -0.4 is 10.0 Å². The SMILES string of the molecule is O=C(CC(=O)c1ccccc1)C(=O)NCCNS(=O)(=O)c1ccccc1. The molecule has 8 heteroatoms. The smallest absolute Gasteiger partial charge is 0.287 e. The van der Waals surface area contributed by atoms with E-state index in [0.29, 0.717) is 5.56 Å². The van der Waals surface area contributed by atoms with Crippen LogP contribution >= 0.6 is 0 Å². The van der Waals surface area contributed by atoms with Crippen LogP contribution in [0.15, 0.2) is 65.6 Å². The summed E-state index contributed by atoms with van der Waals surface area (Å²) in [4.78, 5) is 35.5. The minimum atomic E-state index is -3.67. The van der Waals surface area contributed by atoms with Gasteiger partial charge < -0.3 is 5.32 Å². The Morgan fingerprint density at radius 3 is 2.00 bits per heavy atom. The van der Waals surface area contributed by atoms with Crippen LogP contribution in [0.5, 0.6) is 0 Å². The molecule has 2 aromatic carbocycles. The first-order chi connectivity index (χ1) is 12.4. The van der Waals surface area contributed by atoms with Gasteiger partial charge in [-0.05, 0) is 12.1 Å². The number of benzene rings is 2. The number of sulfonamides is 1. The monoisotopic (exact) mass is 374 g/mol. The molecule has 0 unspecified atom stereocenters. The number of carbonyl (C=O) groups is 3. The van der Waals surface area contributed by atoms with E-state index >= 15 is 0 Å². The summed E-state index contributed by atoms with van der Waals surface area (Å²) >= 11 is 0. The van der Waals surface area contributed by atoms with E-state index in [0.717, 1.165) is 0 Å². The highest BCUT2D eigenvalue weighted by Crippen LogP contribution is 2.06. The Morgan fingerprint density at radius 2 is 1.38 bits per heavy atom. The minimum Gasteiger partial charge on any atom is -0.348 e. The lowest BCUT2D eigenvalue weighted by Gasteiger charge is -2.07. The van der Waals surface area contributed by atoms with Crippen LogP contribution in [0.2, 0.25) is 0 Å². The summed E-state index contributed by atoms with van der Waals surface area (Å²) in [5.41, 5.74) is 0.351. The van der Waals surface area contributed by atoms with E-state index in [9.17, 15) is 22.8 Å². The standard InChI is InChI=1S/C18H18N2O5S/c21-16(14-7-3-1-4-8-14)13-17(22)18(23)19-11-12-20-26(24,25)15-9-5-2-6-10-15/h1-10,20H,11-13H2,(H,19,23). The van der Waals surface area contributed by atoms with Crippen molar-refractivity contribution < 1.29 is 22.8 Å². The topological polar surface area (TPSA) is 109 Å². The first-order valence-corrected chi connectivity index (χ1v) is 9.32. The second-order valence-electron chi connectivity index (χ2n) is 5.36. The van der Waals surface area contributed by atoms with Crippen LogP contribution in [0.1, 0.15) is 16.8 Å². The molecule has 2 rings (SSSR count). The molecular weight excluding hydrogens is 356 g/mol. The molecule has 0 saturated carbocycles. The zero-order valence-corrected chi connectivity index (χ0v) is 14.7. The number of amides is 1. The molecule has 0 bridgehead atoms. The molecule has 2 aromatic rings. The van der Waals surface area contributed by atoms with Gasteiger partial charge in [0.05, 0.1) is 11.3 Å². The van der Waals surface area contributed by atoms with Gasteiger partial charge in [-0.25, -0.2) is 13.1 Å². The maximum Gasteiger partial charge on any atom is 0.287 e. The van der Waals surface area contributed by atoms with Crippen LogP contribution in [-0.2, 0) is 19.6 Å². The van der Waals surface area contributed by atoms with E-state index in [1.165, 1.54) is 12.1 Å². The Morgan fingerprint density at radius 1 is 0.808 bits per heavy atom. The molecule has 0 aromatic heterocycles. The second kappa shape index (κ2) is 9.02. The number of Topliss-reactive ketones (excluding diaryl/α,β-unsaturated/α-hetero) is 2. The first-order valence-electron chi connectivity index (χ1n) is 7.84. The normalized spacial score (nSPS) is 10.9. The molecule has 0 atom stereocenters. The zero-order chi connectivity index (χ0) is 19.0. The predicted molar refractivity (Wildman–Crippen MR) is 95.0 cm³/mol. The third-order valence-corrected chi connectivity index (χ3v) is 4.90. The van der Waals surface area contributed by atoms with Crippen molar-refractivity contribution in [3.8, 4) is 0 Å². The summed E-state index contributed by atoms with van der Waals surface area (Å²) < 4.78 is 26.3. The summed E-state index contributed by atoms with van der Waals surface area (Å²) in [6, 6.07) is 16.0. The molecule has 0 aliphatic carbocycles. The van der Waals surface area contributed by atoms with Gasteiger partial charge in [-0.2, -0.15) is 0 Å². The molecule has 7 nitrogen and oxygen atoms in total. The molecule has 0 aliphatic heterocycles. The van der Waals surface area contributed by atoms with Crippen molar-refractivity contribution in [2.24, 2.45) is 0 Å². The number of nitrogens with one attached hydrogen (secondary N) is 2. The molecule has 0 aliphatic rings. The average Bonchev–Trinajstić information content (AvgIpc) is 2.66. The van der Waals surface area contributed by atoms with E-state index in [2.05, 4.69) is 10.0 Å². The maximum atomic E-state index is 12.0. The Bertz CT molecular complexity index is 880. The largest absolute Gasteiger partial charge is 0.348 e. The third kappa shape index (κ3) is 5.61. The van der Waals surface area contributed by atoms with Crippen molar-refractivity contribution in [2.75, 3.05) is 13.1 Å². The number of hydrogen-bond donors (Lipinski definition) is 2. The highest BCUT2D eigenvalue weighted by atomic mass is 32.2. The van der Waals surface area contributed by atoms with Crippen LogP contribution in [0.4, 0.5) is 0 Å². The van der Waals surface area contributed by atoms with Gasteiger partial charge >= 0.3 is 0 Å². The molecule has 0 heterocycles. The van der Waals surface area contributed by atoms with Crippen LogP contribution in [0, 0.1) is 0 Å². The molecule has 1 amide bonds. The number of ketones is 2. The van der Waals surface area contributed by atoms with E-state index in [1.807, 2.05) is 0 Å². The van der Waals surface area contributed by atoms with Crippen LogP contribution in [0.3, 0.4) is 0 Å². The van der Waals surface area contributed by atoms with Gasteiger partial charge in [-0.15, -0.1) is 0 Å². The number of rotatable bonds is 9. The highest BCUT2D eigenvalue weighted by molar-refractivity contribution is 7.89. The molecular formula is C18H18N2O5S. The van der Waals surface area contributed by atoms with Crippen molar-refractivity contribution >= 4 is 27.5 Å². The maximum absolute atomic E-state index is 12.0. The number of carbonyl (C=O) groups excluding carboxylic acids is 3. The Hall–Kier alpha value is -2.84. The average molecular weight is 374 g/mol. The number of hydrogen-bond acceptors (Lipinski definition) is 5. The van der Waals surface area contributed by atoms with Crippen LogP contribution in [-0.4, -0.2) is 39.0 Å². The van der Waals surface area contributed by atoms with Crippen molar-refractivity contribution in [1.29, 1.82) is 0 Å². The van der Waals surface area contributed by atoms with Gasteiger partial charge in [0.25, 0.3) is 5.91 Å². The summed E-state index contributed by atoms with van der Waals surface area (Å²) in [5, 5.41) is 2.30. The quantitative estimate of drug-likeness (QED) is 0.294. The Labute approximate surface area is 151 Å². The third-order valence-electron chi connectivity index (χ3n) is 3.43. The van der Waals surface area contributed by atoms with Crippen molar-refractivity contribution in [3.63, 3.8) is 0 Å². The van der Waals surface area contributed by atoms with Gasteiger partial charge in [0.2, 0.25) is 15.8 Å². The van der Waals surface area contributed by atoms with Crippen LogP contribution in [0.25, 0.3) is 0 Å². The highest BCUT2D eigenvalue weighted by Gasteiger charge is 2.19. The van der Waals surface area contributed by atoms with Gasteiger partial charge in [0.15, 0.2) is 5.78 Å². The fourth-order valence-electron chi connectivity index (χ4n) is 2.10. The lowest BCUT2D eigenvalue weighted by atomic mass is 10.1. The zero-order valence-electron chi connectivity index (χ0n) is 13.8. The lowest BCUT2D eigenvalue weighted by Crippen LogP contribution is -2.38. The molecule has 26 heavy (non-hydrogen) atoms. The van der Waals surface area contributed by atoms with Crippen molar-refractivity contribution in [1.82, 2.24) is 10.0 Å². The fraction of sp³-hybridized carbons (Fsp3) is 0.167. The predicted octanol–water partition coefficient (Wildman–Crippen LogP) is 0.923. The van der Waals surface area contributed by atoms with Crippen molar-refractivity contribution in [3.05, 3.63) is 66.2 Å². The fourth-order valence-corrected chi connectivity index (χ4v) is 3.15. The summed E-state index contributed by atoms with van der Waals surface area (Å²) in [7, 11) is -3.67. The molecule has 136 valence electrons. The minimum absolute atomic E-state index is 0.0732. The second-order valence-corrected chi connectivity index (χ2v) is 7.12. The summed E-state index contributed by atoms with van der Waals surface area (Å²) in [5.74, 6) is -2.24. The molecule has 2 N–H and O–H groups in total. The van der Waals surface area contributed by atoms with E-state index in [4.69, 9.17) is 0 Å². The van der Waals surface area contributed by atoms with Crippen molar-refractivity contribution in [2.45, 2.75) is 11.3 Å². The van der Waals surface area contributed by atoms with Gasteiger partial charge in [0.1, 0.15) is 0 Å². The van der Waals surface area contributed by atoms with Gasteiger partial charge in [0, 0.05) is 18.7 Å². The lowest BCUT2D eigenvalue weighted by molar-refractivity contribution is -0.137. The Kier molecular flexibility index (Phi) is 6.76. The van der Waals surface area contributed by atoms with Gasteiger partial charge in [-0.1, -0.05) is 48.5 Å². The van der Waals surface area contributed by atoms with Gasteiger partial charge in [-0.3, -0.25) is 14.4 Å². The van der Waals surface area contributed by atoms with E-state index in [-0.39, 0.29) is 18.0 Å². The van der Waals surface area contributed by atoms with E-state index < -0.39 is 33.9 Å². The van der Waals surface area contributed by atoms with E-state index in [1.54, 1.807) is 48.5 Å².